The monoisotopic (exact) mass is 370 g/mol. The molecule has 0 amide bonds. The minimum atomic E-state index is -4.10. The lowest BCUT2D eigenvalue weighted by molar-refractivity contribution is 0.0696. The van der Waals surface area contributed by atoms with Gasteiger partial charge in [-0.1, -0.05) is 30.3 Å². The maximum Gasteiger partial charge on any atom is 0.335 e. The molecule has 2 aromatic carbocycles. The number of hydrogen-bond donors (Lipinski definition) is 2. The molecular weight excluding hydrogens is 352 g/mol. The van der Waals surface area contributed by atoms with Gasteiger partial charge in [-0.25, -0.2) is 18.4 Å². The Labute approximate surface area is 151 Å². The number of rotatable bonds is 6. The molecule has 1 aromatic heterocycles. The van der Waals surface area contributed by atoms with Gasteiger partial charge in [-0.05, 0) is 41.8 Å². The minimum Gasteiger partial charge on any atom is -0.478 e. The fourth-order valence-electron chi connectivity index (χ4n) is 2.92. The van der Waals surface area contributed by atoms with E-state index in [9.17, 15) is 18.3 Å². The highest BCUT2D eigenvalue weighted by atomic mass is 32.2. The van der Waals surface area contributed by atoms with Crippen molar-refractivity contribution in [2.45, 2.75) is 17.9 Å². The van der Waals surface area contributed by atoms with E-state index < -0.39 is 16.0 Å². The number of aryl methyl sites for hydroxylation is 2. The van der Waals surface area contributed by atoms with E-state index in [-0.39, 0.29) is 10.5 Å². The fourth-order valence-corrected chi connectivity index (χ4v) is 3.74. The standard InChI is InChI=1S/C19H18N2O4S/c20-26(24,25)17-13-16(19(22)23)12-15(8-11-21-9-4-5-10-21)18(17)14-6-2-1-3-7-14/h1-7,9-10,12-13H,8,11H2,(H,22,23)(H2,20,24,25). The normalized spacial score (nSPS) is 11.4. The zero-order valence-electron chi connectivity index (χ0n) is 13.9. The summed E-state index contributed by atoms with van der Waals surface area (Å²) in [7, 11) is -4.10. The quantitative estimate of drug-likeness (QED) is 0.696. The number of carboxylic acids is 1. The van der Waals surface area contributed by atoms with E-state index in [1.54, 1.807) is 24.3 Å². The Morgan fingerprint density at radius 2 is 1.69 bits per heavy atom. The van der Waals surface area contributed by atoms with Crippen molar-refractivity contribution < 1.29 is 18.3 Å². The Balaban J connectivity index is 2.21. The lowest BCUT2D eigenvalue weighted by Crippen LogP contribution is -2.16. The second-order valence-corrected chi connectivity index (χ2v) is 7.43. The van der Waals surface area contributed by atoms with E-state index in [0.717, 1.165) is 6.07 Å². The first-order valence-corrected chi connectivity index (χ1v) is 9.50. The molecule has 3 rings (SSSR count). The number of benzene rings is 2. The fraction of sp³-hybridized carbons (Fsp3) is 0.105. The van der Waals surface area contributed by atoms with Gasteiger partial charge in [0.25, 0.3) is 0 Å². The number of hydrogen-bond acceptors (Lipinski definition) is 3. The van der Waals surface area contributed by atoms with Gasteiger partial charge in [-0.15, -0.1) is 0 Å². The maximum atomic E-state index is 12.2. The molecule has 0 aliphatic heterocycles. The van der Waals surface area contributed by atoms with Crippen LogP contribution in [0.1, 0.15) is 15.9 Å². The topological polar surface area (TPSA) is 102 Å². The summed E-state index contributed by atoms with van der Waals surface area (Å²) in [6.45, 7) is 0.583. The van der Waals surface area contributed by atoms with Crippen LogP contribution in [0.15, 0.2) is 71.9 Å². The van der Waals surface area contributed by atoms with Gasteiger partial charge in [-0.2, -0.15) is 0 Å². The Morgan fingerprint density at radius 1 is 1.04 bits per heavy atom. The molecule has 3 N–H and O–H groups in total. The molecule has 0 spiro atoms. The van der Waals surface area contributed by atoms with Crippen LogP contribution in [-0.2, 0) is 23.0 Å². The van der Waals surface area contributed by atoms with Crippen molar-refractivity contribution in [3.05, 3.63) is 78.1 Å². The number of aromatic carboxylic acids is 1. The predicted octanol–water partition coefficient (Wildman–Crippen LogP) is 2.74. The first kappa shape index (κ1) is 17.9. The highest BCUT2D eigenvalue weighted by Crippen LogP contribution is 2.32. The van der Waals surface area contributed by atoms with Crippen molar-refractivity contribution in [1.29, 1.82) is 0 Å². The summed E-state index contributed by atoms with van der Waals surface area (Å²) in [6, 6.07) is 15.4. The molecule has 26 heavy (non-hydrogen) atoms. The molecule has 0 unspecified atom stereocenters. The van der Waals surface area contributed by atoms with Crippen LogP contribution >= 0.6 is 0 Å². The van der Waals surface area contributed by atoms with Gasteiger partial charge in [0.1, 0.15) is 0 Å². The maximum absolute atomic E-state index is 12.2. The number of aromatic nitrogens is 1. The van der Waals surface area contributed by atoms with Crippen molar-refractivity contribution in [2.75, 3.05) is 0 Å². The van der Waals surface area contributed by atoms with Crippen LogP contribution in [0.4, 0.5) is 0 Å². The zero-order chi connectivity index (χ0) is 18.7. The Kier molecular flexibility index (Phi) is 4.92. The Morgan fingerprint density at radius 3 is 2.27 bits per heavy atom. The minimum absolute atomic E-state index is 0.101. The average molecular weight is 370 g/mol. The van der Waals surface area contributed by atoms with Crippen LogP contribution < -0.4 is 5.14 Å². The van der Waals surface area contributed by atoms with Crippen LogP contribution in [0.25, 0.3) is 11.1 Å². The van der Waals surface area contributed by atoms with Crippen LogP contribution in [0, 0.1) is 0 Å². The third-order valence-electron chi connectivity index (χ3n) is 4.11. The van der Waals surface area contributed by atoms with Crippen molar-refractivity contribution in [2.24, 2.45) is 5.14 Å². The molecule has 1 heterocycles. The van der Waals surface area contributed by atoms with Gasteiger partial charge in [0.2, 0.25) is 10.0 Å². The molecule has 3 aromatic rings. The lowest BCUT2D eigenvalue weighted by atomic mass is 9.95. The third-order valence-corrected chi connectivity index (χ3v) is 5.04. The van der Waals surface area contributed by atoms with Crippen molar-refractivity contribution in [1.82, 2.24) is 4.57 Å². The van der Waals surface area contributed by atoms with E-state index in [4.69, 9.17) is 5.14 Å². The van der Waals surface area contributed by atoms with Gasteiger partial charge in [-0.3, -0.25) is 0 Å². The molecule has 0 bridgehead atoms. The number of sulfonamides is 1. The number of carboxylic acid groups (broad SMARTS) is 1. The highest BCUT2D eigenvalue weighted by Gasteiger charge is 2.22. The molecule has 0 saturated heterocycles. The van der Waals surface area contributed by atoms with Crippen LogP contribution in [0.2, 0.25) is 0 Å². The van der Waals surface area contributed by atoms with Crippen molar-refractivity contribution in [3.63, 3.8) is 0 Å². The van der Waals surface area contributed by atoms with Gasteiger partial charge in [0.15, 0.2) is 0 Å². The van der Waals surface area contributed by atoms with Crippen molar-refractivity contribution >= 4 is 16.0 Å². The number of primary sulfonamides is 1. The largest absolute Gasteiger partial charge is 0.478 e. The molecule has 0 radical (unpaired) electrons. The van der Waals surface area contributed by atoms with Gasteiger partial charge in [0, 0.05) is 24.5 Å². The SMILES string of the molecule is NS(=O)(=O)c1cc(C(=O)O)cc(CCn2cccc2)c1-c1ccccc1. The van der Waals surface area contributed by atoms with Crippen LogP contribution in [0.5, 0.6) is 0 Å². The van der Waals surface area contributed by atoms with E-state index in [2.05, 4.69) is 0 Å². The highest BCUT2D eigenvalue weighted by molar-refractivity contribution is 7.89. The first-order valence-electron chi connectivity index (χ1n) is 7.95. The second kappa shape index (κ2) is 7.15. The predicted molar refractivity (Wildman–Crippen MR) is 98.3 cm³/mol. The van der Waals surface area contributed by atoms with Crippen molar-refractivity contribution in [3.8, 4) is 11.1 Å². The smallest absolute Gasteiger partial charge is 0.335 e. The molecule has 0 fully saturated rings. The van der Waals surface area contributed by atoms with Gasteiger partial charge in [0.05, 0.1) is 10.5 Å². The first-order chi connectivity index (χ1) is 12.4. The summed E-state index contributed by atoms with van der Waals surface area (Å²) in [5.41, 5.74) is 1.64. The summed E-state index contributed by atoms with van der Waals surface area (Å²) in [5, 5.41) is 14.8. The summed E-state index contributed by atoms with van der Waals surface area (Å²) in [5.74, 6) is -1.20. The molecule has 6 nitrogen and oxygen atoms in total. The van der Waals surface area contributed by atoms with E-state index in [1.807, 2.05) is 35.2 Å². The van der Waals surface area contributed by atoms with E-state index in [1.165, 1.54) is 6.07 Å². The summed E-state index contributed by atoms with van der Waals surface area (Å²) < 4.78 is 26.3. The zero-order valence-corrected chi connectivity index (χ0v) is 14.7. The summed E-state index contributed by atoms with van der Waals surface area (Å²) in [4.78, 5) is 11.3. The Hall–Kier alpha value is -2.90. The summed E-state index contributed by atoms with van der Waals surface area (Å²) >= 11 is 0. The number of nitrogens with zero attached hydrogens (tertiary/aromatic N) is 1. The molecular formula is C19H18N2O4S. The molecule has 0 aliphatic rings. The number of carbonyl (C=O) groups is 1. The second-order valence-electron chi connectivity index (χ2n) is 5.90. The Bertz CT molecular complexity index is 1030. The van der Waals surface area contributed by atoms with Gasteiger partial charge < -0.3 is 9.67 Å². The molecule has 134 valence electrons. The van der Waals surface area contributed by atoms with Gasteiger partial charge >= 0.3 is 5.97 Å². The summed E-state index contributed by atoms with van der Waals surface area (Å²) in [6.07, 6.45) is 4.25. The van der Waals surface area contributed by atoms with Crippen LogP contribution in [-0.4, -0.2) is 24.1 Å². The average Bonchev–Trinajstić information content (AvgIpc) is 3.12. The van der Waals surface area contributed by atoms with E-state index >= 15 is 0 Å². The van der Waals surface area contributed by atoms with Crippen LogP contribution in [0.3, 0.4) is 0 Å². The van der Waals surface area contributed by atoms with E-state index in [0.29, 0.717) is 29.7 Å². The lowest BCUT2D eigenvalue weighted by Gasteiger charge is -2.16. The third kappa shape index (κ3) is 3.84. The molecule has 7 heteroatoms. The molecule has 0 saturated carbocycles. The number of nitrogens with two attached hydrogens (primary N) is 1. The molecule has 0 aliphatic carbocycles. The molecule has 0 atom stereocenters.